The number of amides is 2. The number of pyridine rings is 1. The van der Waals surface area contributed by atoms with Crippen molar-refractivity contribution in [1.82, 2.24) is 15.2 Å². The van der Waals surface area contributed by atoms with Crippen molar-refractivity contribution >= 4 is 40.2 Å². The normalized spacial score (nSPS) is 14.7. The minimum Gasteiger partial charge on any atom is -0.478 e. The maximum atomic E-state index is 12.1. The second-order valence-corrected chi connectivity index (χ2v) is 9.20. The second-order valence-electron chi connectivity index (χ2n) is 9.20. The molecule has 9 nitrogen and oxygen atoms in total. The number of nitrogens with one attached hydrogen (secondary N) is 2. The summed E-state index contributed by atoms with van der Waals surface area (Å²) in [4.78, 5) is 44.9. The summed E-state index contributed by atoms with van der Waals surface area (Å²) in [7, 11) is 0. The van der Waals surface area contributed by atoms with E-state index in [1.54, 1.807) is 24.3 Å². The number of carbonyl (C=O) groups excluding carboxylic acids is 2. The van der Waals surface area contributed by atoms with Crippen LogP contribution in [0.5, 0.6) is 0 Å². The topological polar surface area (TPSA) is 115 Å². The predicted octanol–water partition coefficient (Wildman–Crippen LogP) is 2.56. The van der Waals surface area contributed by atoms with Gasteiger partial charge in [-0.15, -0.1) is 0 Å². The number of anilines is 2. The standard InChI is InChI=1S/C24H33N5O4/c1-15(2)11-22(30)26-17-5-6-20-18(12-17)19(24(32)33)13-21(27-20)29-9-7-28(8-10-29)14-23(31)25-16(3)4/h5-6,12-13,15-16H,7-11,14H2,1-4H3,(H,25,31)(H,26,30)(H,32,33). The van der Waals surface area contributed by atoms with Gasteiger partial charge in [-0.2, -0.15) is 0 Å². The van der Waals surface area contributed by atoms with Gasteiger partial charge in [0.1, 0.15) is 5.82 Å². The Hall–Kier alpha value is -3.20. The highest BCUT2D eigenvalue weighted by atomic mass is 16.4. The number of fused-ring (bicyclic) bond motifs is 1. The van der Waals surface area contributed by atoms with E-state index in [0.29, 0.717) is 61.6 Å². The molecule has 9 heteroatoms. The number of aromatic nitrogens is 1. The van der Waals surface area contributed by atoms with Crippen molar-refractivity contribution in [3.8, 4) is 0 Å². The Bertz CT molecular complexity index is 1030. The zero-order chi connectivity index (χ0) is 24.1. The molecular weight excluding hydrogens is 422 g/mol. The average molecular weight is 456 g/mol. The molecule has 2 heterocycles. The first-order chi connectivity index (χ1) is 15.6. The highest BCUT2D eigenvalue weighted by molar-refractivity contribution is 6.05. The summed E-state index contributed by atoms with van der Waals surface area (Å²) in [6.45, 7) is 10.8. The summed E-state index contributed by atoms with van der Waals surface area (Å²) in [6, 6.07) is 6.85. The fourth-order valence-corrected chi connectivity index (χ4v) is 3.92. The molecule has 178 valence electrons. The van der Waals surface area contributed by atoms with Crippen molar-refractivity contribution in [1.29, 1.82) is 0 Å². The smallest absolute Gasteiger partial charge is 0.336 e. The SMILES string of the molecule is CC(C)CC(=O)Nc1ccc2nc(N3CCN(CC(=O)NC(C)C)CC3)cc(C(=O)O)c2c1. The van der Waals surface area contributed by atoms with E-state index in [4.69, 9.17) is 0 Å². The van der Waals surface area contributed by atoms with E-state index in [2.05, 4.69) is 20.5 Å². The molecule has 0 atom stereocenters. The molecule has 0 bridgehead atoms. The number of carboxylic acids is 1. The van der Waals surface area contributed by atoms with Crippen LogP contribution in [0.25, 0.3) is 10.9 Å². The highest BCUT2D eigenvalue weighted by Crippen LogP contribution is 2.27. The summed E-state index contributed by atoms with van der Waals surface area (Å²) >= 11 is 0. The third-order valence-electron chi connectivity index (χ3n) is 5.42. The maximum absolute atomic E-state index is 12.1. The number of aromatic carboxylic acids is 1. The summed E-state index contributed by atoms with van der Waals surface area (Å²) in [5.74, 6) is -0.312. The lowest BCUT2D eigenvalue weighted by molar-refractivity contribution is -0.122. The van der Waals surface area contributed by atoms with E-state index in [-0.39, 0.29) is 29.3 Å². The predicted molar refractivity (Wildman–Crippen MR) is 129 cm³/mol. The van der Waals surface area contributed by atoms with Crippen molar-refractivity contribution < 1.29 is 19.5 Å². The van der Waals surface area contributed by atoms with Crippen molar-refractivity contribution in [2.24, 2.45) is 5.92 Å². The van der Waals surface area contributed by atoms with E-state index < -0.39 is 5.97 Å². The molecule has 0 aliphatic carbocycles. The largest absolute Gasteiger partial charge is 0.478 e. The van der Waals surface area contributed by atoms with Gasteiger partial charge in [-0.05, 0) is 44.0 Å². The van der Waals surface area contributed by atoms with E-state index in [1.165, 1.54) is 0 Å². The Morgan fingerprint density at radius 1 is 1.03 bits per heavy atom. The number of piperazine rings is 1. The third kappa shape index (κ3) is 6.64. The van der Waals surface area contributed by atoms with Crippen LogP contribution >= 0.6 is 0 Å². The maximum Gasteiger partial charge on any atom is 0.336 e. The van der Waals surface area contributed by atoms with Gasteiger partial charge < -0.3 is 20.6 Å². The van der Waals surface area contributed by atoms with Gasteiger partial charge in [0.15, 0.2) is 0 Å². The number of carbonyl (C=O) groups is 3. The quantitative estimate of drug-likeness (QED) is 0.560. The van der Waals surface area contributed by atoms with Gasteiger partial charge in [-0.1, -0.05) is 13.8 Å². The van der Waals surface area contributed by atoms with Crippen LogP contribution in [-0.2, 0) is 9.59 Å². The van der Waals surface area contributed by atoms with Gasteiger partial charge in [0, 0.05) is 49.7 Å². The number of hydrogen-bond donors (Lipinski definition) is 3. The number of carboxylic acid groups (broad SMARTS) is 1. The first kappa shape index (κ1) is 24.4. The Labute approximate surface area is 194 Å². The first-order valence-electron chi connectivity index (χ1n) is 11.4. The fourth-order valence-electron chi connectivity index (χ4n) is 3.92. The lowest BCUT2D eigenvalue weighted by Crippen LogP contribution is -2.50. The van der Waals surface area contributed by atoms with Crippen LogP contribution in [0.4, 0.5) is 11.5 Å². The van der Waals surface area contributed by atoms with Gasteiger partial charge in [0.2, 0.25) is 11.8 Å². The Balaban J connectivity index is 1.75. The zero-order valence-electron chi connectivity index (χ0n) is 19.7. The Morgan fingerprint density at radius 2 is 1.73 bits per heavy atom. The molecule has 0 saturated carbocycles. The monoisotopic (exact) mass is 455 g/mol. The number of rotatable bonds is 8. The molecule has 2 aromatic rings. The second kappa shape index (κ2) is 10.6. The van der Waals surface area contributed by atoms with Gasteiger partial charge in [0.05, 0.1) is 17.6 Å². The molecule has 1 aromatic carbocycles. The Morgan fingerprint density at radius 3 is 2.33 bits per heavy atom. The van der Waals surface area contributed by atoms with Crippen molar-refractivity contribution in [2.45, 2.75) is 40.2 Å². The molecule has 1 aliphatic rings. The Kier molecular flexibility index (Phi) is 7.86. The van der Waals surface area contributed by atoms with Gasteiger partial charge in [-0.25, -0.2) is 9.78 Å². The van der Waals surface area contributed by atoms with Crippen LogP contribution in [0.15, 0.2) is 24.3 Å². The van der Waals surface area contributed by atoms with E-state index >= 15 is 0 Å². The molecule has 1 aliphatic heterocycles. The molecule has 3 rings (SSSR count). The van der Waals surface area contributed by atoms with Crippen LogP contribution in [0.1, 0.15) is 44.5 Å². The molecular formula is C24H33N5O4. The average Bonchev–Trinajstić information content (AvgIpc) is 2.72. The molecule has 1 aromatic heterocycles. The lowest BCUT2D eigenvalue weighted by Gasteiger charge is -2.35. The minimum absolute atomic E-state index is 0.00623. The summed E-state index contributed by atoms with van der Waals surface area (Å²) in [5.41, 5.74) is 1.26. The molecule has 3 N–H and O–H groups in total. The molecule has 0 unspecified atom stereocenters. The summed E-state index contributed by atoms with van der Waals surface area (Å²) in [5, 5.41) is 16.0. The first-order valence-corrected chi connectivity index (χ1v) is 11.4. The molecule has 33 heavy (non-hydrogen) atoms. The van der Waals surface area contributed by atoms with E-state index in [1.807, 2.05) is 32.6 Å². The number of nitrogens with zero attached hydrogens (tertiary/aromatic N) is 3. The van der Waals surface area contributed by atoms with Gasteiger partial charge >= 0.3 is 5.97 Å². The fraction of sp³-hybridized carbons (Fsp3) is 0.500. The molecule has 1 fully saturated rings. The molecule has 2 amide bonds. The highest BCUT2D eigenvalue weighted by Gasteiger charge is 2.22. The van der Waals surface area contributed by atoms with Gasteiger partial charge in [0.25, 0.3) is 0 Å². The van der Waals surface area contributed by atoms with E-state index in [9.17, 15) is 19.5 Å². The van der Waals surface area contributed by atoms with Crippen molar-refractivity contribution in [3.05, 3.63) is 29.8 Å². The molecule has 0 spiro atoms. The van der Waals surface area contributed by atoms with Crippen LogP contribution in [0, 0.1) is 5.92 Å². The van der Waals surface area contributed by atoms with Crippen molar-refractivity contribution in [3.63, 3.8) is 0 Å². The third-order valence-corrected chi connectivity index (χ3v) is 5.42. The van der Waals surface area contributed by atoms with Crippen molar-refractivity contribution in [2.75, 3.05) is 42.9 Å². The van der Waals surface area contributed by atoms with Crippen LogP contribution in [0.3, 0.4) is 0 Å². The number of hydrogen-bond acceptors (Lipinski definition) is 6. The molecule has 1 saturated heterocycles. The van der Waals surface area contributed by atoms with Crippen LogP contribution < -0.4 is 15.5 Å². The van der Waals surface area contributed by atoms with Crippen LogP contribution in [0.2, 0.25) is 0 Å². The summed E-state index contributed by atoms with van der Waals surface area (Å²) in [6.07, 6.45) is 0.395. The molecule has 0 radical (unpaired) electrons. The van der Waals surface area contributed by atoms with Crippen LogP contribution in [-0.4, -0.2) is 71.5 Å². The zero-order valence-corrected chi connectivity index (χ0v) is 19.7. The lowest BCUT2D eigenvalue weighted by atomic mass is 10.1. The van der Waals surface area contributed by atoms with E-state index in [0.717, 1.165) is 0 Å². The minimum atomic E-state index is -1.04. The summed E-state index contributed by atoms with van der Waals surface area (Å²) < 4.78 is 0. The van der Waals surface area contributed by atoms with Gasteiger partial charge in [-0.3, -0.25) is 14.5 Å². The number of benzene rings is 1.